The number of likely N-dealkylation sites (tertiary alicyclic amines) is 1. The van der Waals surface area contributed by atoms with Gasteiger partial charge in [-0.05, 0) is 56.0 Å². The van der Waals surface area contributed by atoms with E-state index in [1.54, 1.807) is 11.2 Å². The summed E-state index contributed by atoms with van der Waals surface area (Å²) in [6.45, 7) is 3.42. The highest BCUT2D eigenvalue weighted by molar-refractivity contribution is 5.97. The monoisotopic (exact) mass is 381 g/mol. The molecule has 2 saturated heterocycles. The topological polar surface area (TPSA) is 65.8 Å². The molecule has 3 heterocycles. The predicted octanol–water partition coefficient (Wildman–Crippen LogP) is 4.86. The first-order chi connectivity index (χ1) is 13.6. The molecule has 0 radical (unpaired) electrons. The van der Waals surface area contributed by atoms with Gasteiger partial charge in [-0.25, -0.2) is 4.79 Å². The number of urea groups is 1. The highest BCUT2D eigenvalue weighted by Gasteiger charge is 2.29. The van der Waals surface area contributed by atoms with Gasteiger partial charge >= 0.3 is 6.03 Å². The summed E-state index contributed by atoms with van der Waals surface area (Å²) in [6.07, 6.45) is 7.24. The summed E-state index contributed by atoms with van der Waals surface area (Å²) in [6, 6.07) is 9.49. The number of hydrogen-bond acceptors (Lipinski definition) is 3. The van der Waals surface area contributed by atoms with Crippen LogP contribution >= 0.6 is 0 Å². The van der Waals surface area contributed by atoms with Crippen molar-refractivity contribution in [2.45, 2.75) is 51.5 Å². The molecule has 2 aromatic rings. The number of rotatable bonds is 3. The molecule has 0 saturated carbocycles. The molecule has 6 heteroatoms. The van der Waals surface area contributed by atoms with Crippen molar-refractivity contribution in [2.75, 3.05) is 23.3 Å². The Kier molecular flexibility index (Phi) is 5.37. The molecule has 0 unspecified atom stereocenters. The Balaban J connectivity index is 1.55. The molecule has 1 N–H and O–H groups in total. The number of carbonyl (C=O) groups is 2. The van der Waals surface area contributed by atoms with Crippen molar-refractivity contribution in [3.63, 3.8) is 0 Å². The fraction of sp³-hybridized carbons (Fsp3) is 0.455. The minimum Gasteiger partial charge on any atom is -0.467 e. The zero-order valence-corrected chi connectivity index (χ0v) is 16.3. The van der Waals surface area contributed by atoms with E-state index in [-0.39, 0.29) is 18.0 Å². The lowest BCUT2D eigenvalue weighted by Gasteiger charge is -2.29. The van der Waals surface area contributed by atoms with Crippen LogP contribution in [0.3, 0.4) is 0 Å². The Morgan fingerprint density at radius 1 is 1.14 bits per heavy atom. The largest absolute Gasteiger partial charge is 0.467 e. The zero-order chi connectivity index (χ0) is 19.5. The highest BCUT2D eigenvalue weighted by atomic mass is 16.3. The van der Waals surface area contributed by atoms with Gasteiger partial charge in [-0.1, -0.05) is 18.9 Å². The number of hydrogen-bond donors (Lipinski definition) is 1. The first-order valence-corrected chi connectivity index (χ1v) is 10.2. The van der Waals surface area contributed by atoms with Crippen LogP contribution in [0.5, 0.6) is 0 Å². The van der Waals surface area contributed by atoms with Crippen molar-refractivity contribution >= 4 is 23.3 Å². The predicted molar refractivity (Wildman–Crippen MR) is 108 cm³/mol. The number of nitrogens with zero attached hydrogens (tertiary/aromatic N) is 2. The van der Waals surface area contributed by atoms with E-state index in [2.05, 4.69) is 5.32 Å². The van der Waals surface area contributed by atoms with Crippen LogP contribution in [-0.4, -0.2) is 29.9 Å². The summed E-state index contributed by atoms with van der Waals surface area (Å²) in [5, 5.41) is 3.09. The van der Waals surface area contributed by atoms with E-state index in [1.165, 1.54) is 0 Å². The van der Waals surface area contributed by atoms with Crippen LogP contribution in [0.15, 0.2) is 41.0 Å². The molecule has 6 nitrogen and oxygen atoms in total. The SMILES string of the molecule is Cc1ccc(N2CCCC2=O)cc1NC(=O)N1CCCCC[C@@H]1c1ccco1. The minimum absolute atomic E-state index is 0.0406. The first-order valence-electron chi connectivity index (χ1n) is 10.2. The number of carbonyl (C=O) groups excluding carboxylic acids is 2. The van der Waals surface area contributed by atoms with Crippen molar-refractivity contribution in [1.29, 1.82) is 0 Å². The van der Waals surface area contributed by atoms with Crippen LogP contribution in [0.25, 0.3) is 0 Å². The van der Waals surface area contributed by atoms with Gasteiger partial charge in [0, 0.05) is 30.9 Å². The van der Waals surface area contributed by atoms with E-state index in [4.69, 9.17) is 4.42 Å². The van der Waals surface area contributed by atoms with Crippen molar-refractivity contribution in [3.05, 3.63) is 47.9 Å². The molecule has 0 aliphatic carbocycles. The molecule has 2 aliphatic rings. The van der Waals surface area contributed by atoms with E-state index < -0.39 is 0 Å². The van der Waals surface area contributed by atoms with Gasteiger partial charge in [-0.3, -0.25) is 4.79 Å². The van der Waals surface area contributed by atoms with E-state index in [9.17, 15) is 9.59 Å². The maximum Gasteiger partial charge on any atom is 0.322 e. The van der Waals surface area contributed by atoms with Gasteiger partial charge in [0.2, 0.25) is 5.91 Å². The number of amides is 3. The molecular weight excluding hydrogens is 354 g/mol. The van der Waals surface area contributed by atoms with Gasteiger partial charge in [-0.15, -0.1) is 0 Å². The van der Waals surface area contributed by atoms with Gasteiger partial charge in [0.05, 0.1) is 12.3 Å². The summed E-state index contributed by atoms with van der Waals surface area (Å²) in [5.41, 5.74) is 2.58. The van der Waals surface area contributed by atoms with Crippen LogP contribution in [0.1, 0.15) is 55.9 Å². The van der Waals surface area contributed by atoms with Crippen molar-refractivity contribution < 1.29 is 14.0 Å². The minimum atomic E-state index is -0.115. The second-order valence-corrected chi connectivity index (χ2v) is 7.65. The van der Waals surface area contributed by atoms with Crippen LogP contribution < -0.4 is 10.2 Å². The number of aryl methyl sites for hydroxylation is 1. The molecule has 148 valence electrons. The van der Waals surface area contributed by atoms with E-state index in [0.717, 1.165) is 61.3 Å². The van der Waals surface area contributed by atoms with Crippen molar-refractivity contribution in [3.8, 4) is 0 Å². The second-order valence-electron chi connectivity index (χ2n) is 7.65. The molecule has 4 rings (SSSR count). The van der Waals surface area contributed by atoms with Crippen molar-refractivity contribution in [1.82, 2.24) is 4.90 Å². The first kappa shape index (κ1) is 18.6. The quantitative estimate of drug-likeness (QED) is 0.825. The molecule has 1 aromatic heterocycles. The lowest BCUT2D eigenvalue weighted by Crippen LogP contribution is -2.38. The van der Waals surface area contributed by atoms with E-state index in [0.29, 0.717) is 13.0 Å². The standard InChI is InChI=1S/C22H27N3O3/c1-16-10-11-17(24-13-5-9-21(24)26)15-18(16)23-22(27)25-12-4-2-3-7-19(25)20-8-6-14-28-20/h6,8,10-11,14-15,19H,2-5,7,9,12-13H2,1H3,(H,23,27)/t19-/m1/s1. The van der Waals surface area contributed by atoms with Crippen LogP contribution in [0.4, 0.5) is 16.2 Å². The average Bonchev–Trinajstić information content (AvgIpc) is 3.30. The van der Waals surface area contributed by atoms with Gasteiger partial charge in [0.1, 0.15) is 5.76 Å². The molecule has 1 atom stereocenters. The lowest BCUT2D eigenvalue weighted by molar-refractivity contribution is -0.117. The Bertz CT molecular complexity index is 847. The molecular formula is C22H27N3O3. The van der Waals surface area contributed by atoms with Gasteiger partial charge in [-0.2, -0.15) is 0 Å². The van der Waals surface area contributed by atoms with Crippen LogP contribution in [0, 0.1) is 6.92 Å². The highest BCUT2D eigenvalue weighted by Crippen LogP contribution is 2.32. The summed E-state index contributed by atoms with van der Waals surface area (Å²) < 4.78 is 5.62. The fourth-order valence-corrected chi connectivity index (χ4v) is 4.15. The normalized spacial score (nSPS) is 20.3. The number of furan rings is 1. The zero-order valence-electron chi connectivity index (χ0n) is 16.3. The van der Waals surface area contributed by atoms with Crippen LogP contribution in [-0.2, 0) is 4.79 Å². The fourth-order valence-electron chi connectivity index (χ4n) is 4.15. The van der Waals surface area contributed by atoms with Gasteiger partial charge in [0.15, 0.2) is 0 Å². The molecule has 1 aromatic carbocycles. The summed E-state index contributed by atoms with van der Waals surface area (Å²) in [7, 11) is 0. The van der Waals surface area contributed by atoms with Gasteiger partial charge < -0.3 is 19.5 Å². The summed E-state index contributed by atoms with van der Waals surface area (Å²) >= 11 is 0. The van der Waals surface area contributed by atoms with E-state index >= 15 is 0 Å². The Hall–Kier alpha value is -2.76. The molecule has 0 spiro atoms. The molecule has 3 amide bonds. The van der Waals surface area contributed by atoms with Crippen LogP contribution in [0.2, 0.25) is 0 Å². The number of nitrogens with one attached hydrogen (secondary N) is 1. The van der Waals surface area contributed by atoms with E-state index in [1.807, 2.05) is 42.2 Å². The molecule has 2 fully saturated rings. The average molecular weight is 381 g/mol. The third-order valence-electron chi connectivity index (χ3n) is 5.73. The third kappa shape index (κ3) is 3.77. The lowest BCUT2D eigenvalue weighted by atomic mass is 10.1. The molecule has 0 bridgehead atoms. The Labute approximate surface area is 165 Å². The maximum absolute atomic E-state index is 13.2. The summed E-state index contributed by atoms with van der Waals surface area (Å²) in [4.78, 5) is 28.9. The summed E-state index contributed by atoms with van der Waals surface area (Å²) in [5.74, 6) is 0.983. The number of anilines is 2. The third-order valence-corrected chi connectivity index (χ3v) is 5.73. The smallest absolute Gasteiger partial charge is 0.322 e. The van der Waals surface area contributed by atoms with Crippen molar-refractivity contribution in [2.24, 2.45) is 0 Å². The second kappa shape index (κ2) is 8.09. The Morgan fingerprint density at radius 3 is 2.79 bits per heavy atom. The number of benzene rings is 1. The van der Waals surface area contributed by atoms with Gasteiger partial charge in [0.25, 0.3) is 0 Å². The molecule has 28 heavy (non-hydrogen) atoms. The molecule has 2 aliphatic heterocycles. The maximum atomic E-state index is 13.2. The Morgan fingerprint density at radius 2 is 2.04 bits per heavy atom.